The van der Waals surface area contributed by atoms with E-state index in [4.69, 9.17) is 0 Å². The Balaban J connectivity index is 2.01. The van der Waals surface area contributed by atoms with Crippen LogP contribution in [0.5, 0.6) is 0 Å². The van der Waals surface area contributed by atoms with Gasteiger partial charge in [-0.15, -0.1) is 0 Å². The highest BCUT2D eigenvalue weighted by Gasteiger charge is 2.28. The van der Waals surface area contributed by atoms with E-state index in [9.17, 15) is 4.79 Å². The molecule has 1 atom stereocenters. The average Bonchev–Trinajstić information content (AvgIpc) is 2.47. The Hall–Kier alpha value is -1.49. The lowest BCUT2D eigenvalue weighted by Crippen LogP contribution is -2.47. The maximum absolute atomic E-state index is 12.5. The van der Waals surface area contributed by atoms with Crippen LogP contribution in [-0.2, 0) is 10.2 Å². The minimum Gasteiger partial charge on any atom is -0.322 e. The summed E-state index contributed by atoms with van der Waals surface area (Å²) in [5, 5.41) is 2.97. The molecule has 122 valence electrons. The van der Waals surface area contributed by atoms with Gasteiger partial charge in [0.25, 0.3) is 0 Å². The van der Waals surface area contributed by atoms with Crippen LogP contribution < -0.4 is 5.32 Å². The number of aromatic nitrogens is 2. The Kier molecular flexibility index (Phi) is 5.51. The van der Waals surface area contributed by atoms with E-state index < -0.39 is 0 Å². The van der Waals surface area contributed by atoms with E-state index in [1.165, 1.54) is 6.42 Å². The first kappa shape index (κ1) is 16.9. The van der Waals surface area contributed by atoms with Gasteiger partial charge in [0.05, 0.1) is 24.1 Å². The number of piperidine rings is 1. The zero-order valence-electron chi connectivity index (χ0n) is 14.2. The highest BCUT2D eigenvalue weighted by atomic mass is 16.2. The Bertz CT molecular complexity index is 490. The summed E-state index contributed by atoms with van der Waals surface area (Å²) < 4.78 is 0. The highest BCUT2D eigenvalue weighted by molar-refractivity contribution is 5.94. The van der Waals surface area contributed by atoms with Crippen molar-refractivity contribution in [1.29, 1.82) is 0 Å². The van der Waals surface area contributed by atoms with Gasteiger partial charge >= 0.3 is 0 Å². The Morgan fingerprint density at radius 1 is 1.32 bits per heavy atom. The third kappa shape index (κ3) is 4.26. The molecular formula is C17H28N4O. The number of rotatable bonds is 4. The Morgan fingerprint density at radius 3 is 2.59 bits per heavy atom. The number of carbonyl (C=O) groups is 1. The molecule has 0 aromatic carbocycles. The zero-order valence-corrected chi connectivity index (χ0v) is 14.2. The van der Waals surface area contributed by atoms with Crippen molar-refractivity contribution in [2.24, 2.45) is 0 Å². The lowest BCUT2D eigenvalue weighted by atomic mass is 9.96. The van der Waals surface area contributed by atoms with Crippen LogP contribution >= 0.6 is 0 Å². The monoisotopic (exact) mass is 304 g/mol. The van der Waals surface area contributed by atoms with E-state index in [0.717, 1.165) is 38.2 Å². The van der Waals surface area contributed by atoms with Crippen LogP contribution in [0.1, 0.15) is 59.2 Å². The molecule has 1 N–H and O–H groups in total. The van der Waals surface area contributed by atoms with Gasteiger partial charge in [-0.25, -0.2) is 9.97 Å². The van der Waals surface area contributed by atoms with E-state index >= 15 is 0 Å². The molecule has 1 amide bonds. The number of hydrogen-bond donors (Lipinski definition) is 1. The molecule has 2 rings (SSSR count). The van der Waals surface area contributed by atoms with Gasteiger partial charge in [-0.2, -0.15) is 0 Å². The van der Waals surface area contributed by atoms with Crippen molar-refractivity contribution in [3.63, 3.8) is 0 Å². The van der Waals surface area contributed by atoms with Gasteiger partial charge in [-0.1, -0.05) is 34.1 Å². The van der Waals surface area contributed by atoms with E-state index in [0.29, 0.717) is 5.69 Å². The molecule has 22 heavy (non-hydrogen) atoms. The number of likely N-dealkylation sites (tertiary alicyclic amines) is 1. The molecule has 1 fully saturated rings. The molecule has 0 bridgehead atoms. The predicted molar refractivity (Wildman–Crippen MR) is 88.9 cm³/mol. The van der Waals surface area contributed by atoms with Gasteiger partial charge < -0.3 is 5.32 Å². The molecule has 5 nitrogen and oxygen atoms in total. The minimum atomic E-state index is -0.0795. The molecule has 0 unspecified atom stereocenters. The summed E-state index contributed by atoms with van der Waals surface area (Å²) in [7, 11) is 0. The fourth-order valence-corrected chi connectivity index (χ4v) is 2.85. The van der Waals surface area contributed by atoms with E-state index in [2.05, 4.69) is 47.9 Å². The van der Waals surface area contributed by atoms with E-state index in [-0.39, 0.29) is 17.4 Å². The second kappa shape index (κ2) is 7.18. The Morgan fingerprint density at radius 2 is 2.00 bits per heavy atom. The van der Waals surface area contributed by atoms with Crippen LogP contribution in [0.2, 0.25) is 0 Å². The first-order chi connectivity index (χ1) is 10.4. The third-order valence-corrected chi connectivity index (χ3v) is 4.02. The summed E-state index contributed by atoms with van der Waals surface area (Å²) in [5.41, 5.74) is 0.601. The number of anilines is 1. The summed E-state index contributed by atoms with van der Waals surface area (Å²) in [6, 6.07) is -0.0176. The smallest absolute Gasteiger partial charge is 0.241 e. The standard InChI is InChI=1S/C17H28N4O/c1-5-9-21-10-7-6-8-14(21)15(22)20-13-11-18-16(19-12-13)17(2,3)4/h11-12,14H,5-10H2,1-4H3,(H,20,22)/t14-/m1/s1. The molecule has 0 saturated carbocycles. The molecular weight excluding hydrogens is 276 g/mol. The Labute approximate surface area is 133 Å². The van der Waals surface area contributed by atoms with Crippen LogP contribution in [0.4, 0.5) is 5.69 Å². The van der Waals surface area contributed by atoms with E-state index in [1.54, 1.807) is 12.4 Å². The first-order valence-corrected chi connectivity index (χ1v) is 8.29. The predicted octanol–water partition coefficient (Wildman–Crippen LogP) is 2.98. The largest absolute Gasteiger partial charge is 0.322 e. The summed E-state index contributed by atoms with van der Waals surface area (Å²) >= 11 is 0. The van der Waals surface area contributed by atoms with Crippen molar-refractivity contribution >= 4 is 11.6 Å². The fraction of sp³-hybridized carbons (Fsp3) is 0.706. The molecule has 1 aliphatic rings. The van der Waals surface area contributed by atoms with Crippen molar-refractivity contribution < 1.29 is 4.79 Å². The van der Waals surface area contributed by atoms with Crippen molar-refractivity contribution in [2.75, 3.05) is 18.4 Å². The van der Waals surface area contributed by atoms with Gasteiger partial charge in [-0.05, 0) is 32.4 Å². The minimum absolute atomic E-state index is 0.0176. The molecule has 0 radical (unpaired) electrons. The molecule has 5 heteroatoms. The lowest BCUT2D eigenvalue weighted by molar-refractivity contribution is -0.122. The quantitative estimate of drug-likeness (QED) is 0.929. The van der Waals surface area contributed by atoms with Gasteiger partial charge in [-0.3, -0.25) is 9.69 Å². The molecule has 2 heterocycles. The van der Waals surface area contributed by atoms with Gasteiger partial charge in [0.2, 0.25) is 5.91 Å². The normalized spacial score (nSPS) is 19.9. The number of carbonyl (C=O) groups excluding carboxylic acids is 1. The molecule has 1 aromatic heterocycles. The van der Waals surface area contributed by atoms with Gasteiger partial charge in [0.1, 0.15) is 5.82 Å². The molecule has 1 aliphatic heterocycles. The SMILES string of the molecule is CCCN1CCCC[C@@H]1C(=O)Nc1cnc(C(C)(C)C)nc1. The maximum atomic E-state index is 12.5. The van der Waals surface area contributed by atoms with Gasteiger partial charge in [0, 0.05) is 5.41 Å². The van der Waals surface area contributed by atoms with Crippen LogP contribution in [0.25, 0.3) is 0 Å². The van der Waals surface area contributed by atoms with Crippen LogP contribution in [0.15, 0.2) is 12.4 Å². The zero-order chi connectivity index (χ0) is 16.2. The summed E-state index contributed by atoms with van der Waals surface area (Å²) in [6.45, 7) is 10.4. The van der Waals surface area contributed by atoms with Crippen LogP contribution in [0.3, 0.4) is 0 Å². The summed E-state index contributed by atoms with van der Waals surface area (Å²) in [5.74, 6) is 0.857. The first-order valence-electron chi connectivity index (χ1n) is 8.29. The molecule has 0 spiro atoms. The molecule has 1 saturated heterocycles. The van der Waals surface area contributed by atoms with Crippen molar-refractivity contribution in [3.05, 3.63) is 18.2 Å². The highest BCUT2D eigenvalue weighted by Crippen LogP contribution is 2.20. The van der Waals surface area contributed by atoms with Crippen LogP contribution in [0, 0.1) is 0 Å². The van der Waals surface area contributed by atoms with Gasteiger partial charge in [0.15, 0.2) is 0 Å². The lowest BCUT2D eigenvalue weighted by Gasteiger charge is -2.34. The maximum Gasteiger partial charge on any atom is 0.241 e. The second-order valence-electron chi connectivity index (χ2n) is 7.08. The average molecular weight is 304 g/mol. The van der Waals surface area contributed by atoms with Crippen LogP contribution in [-0.4, -0.2) is 39.9 Å². The van der Waals surface area contributed by atoms with Crippen molar-refractivity contribution in [1.82, 2.24) is 14.9 Å². The van der Waals surface area contributed by atoms with Crippen molar-refractivity contribution in [2.45, 2.75) is 64.8 Å². The molecule has 0 aliphatic carbocycles. The summed E-state index contributed by atoms with van der Waals surface area (Å²) in [4.78, 5) is 23.5. The second-order valence-corrected chi connectivity index (χ2v) is 7.08. The number of nitrogens with zero attached hydrogens (tertiary/aromatic N) is 3. The number of amides is 1. The third-order valence-electron chi connectivity index (χ3n) is 4.02. The topological polar surface area (TPSA) is 58.1 Å². The van der Waals surface area contributed by atoms with Crippen molar-refractivity contribution in [3.8, 4) is 0 Å². The fourth-order valence-electron chi connectivity index (χ4n) is 2.85. The van der Waals surface area contributed by atoms with E-state index in [1.807, 2.05) is 0 Å². The summed E-state index contributed by atoms with van der Waals surface area (Å²) in [6.07, 6.45) is 7.74. The number of nitrogens with one attached hydrogen (secondary N) is 1. The molecule has 1 aromatic rings. The number of hydrogen-bond acceptors (Lipinski definition) is 4.